The quantitative estimate of drug-likeness (QED) is 0.679. The number of aromatic nitrogens is 3. The van der Waals surface area contributed by atoms with Gasteiger partial charge in [-0.3, -0.25) is 0 Å². The molecule has 3 rings (SSSR count). The summed E-state index contributed by atoms with van der Waals surface area (Å²) in [5.74, 6) is 2.08. The van der Waals surface area contributed by atoms with Crippen LogP contribution in [0.3, 0.4) is 0 Å². The monoisotopic (exact) mass is 301 g/mol. The van der Waals surface area contributed by atoms with Crippen molar-refractivity contribution in [1.29, 1.82) is 0 Å². The summed E-state index contributed by atoms with van der Waals surface area (Å²) in [5, 5.41) is 0. The van der Waals surface area contributed by atoms with E-state index in [0.717, 1.165) is 23.5 Å². The molecular weight excluding hydrogens is 286 g/mol. The Hall–Kier alpha value is -2.07. The van der Waals surface area contributed by atoms with E-state index >= 15 is 0 Å². The third kappa shape index (κ3) is 2.85. The standard InChI is InChI=1S/C16H16ClN3O/c1-21-15-8-7-13-16(19-15)20(14(18-13)9-10-17)11-12-5-3-2-4-6-12/h2-8H,9-11H2,1H3. The molecule has 0 fully saturated rings. The summed E-state index contributed by atoms with van der Waals surface area (Å²) in [6.45, 7) is 0.726. The molecule has 0 aliphatic rings. The molecular formula is C16H16ClN3O. The van der Waals surface area contributed by atoms with Gasteiger partial charge in [0.25, 0.3) is 0 Å². The molecule has 1 aromatic carbocycles. The predicted octanol–water partition coefficient (Wildman–Crippen LogP) is 3.27. The lowest BCUT2D eigenvalue weighted by atomic mass is 10.2. The lowest BCUT2D eigenvalue weighted by Crippen LogP contribution is -2.06. The van der Waals surface area contributed by atoms with E-state index in [-0.39, 0.29) is 0 Å². The minimum Gasteiger partial charge on any atom is -0.481 e. The van der Waals surface area contributed by atoms with Crippen LogP contribution in [0.1, 0.15) is 11.4 Å². The molecule has 4 nitrogen and oxygen atoms in total. The maximum atomic E-state index is 5.90. The summed E-state index contributed by atoms with van der Waals surface area (Å²) in [6.07, 6.45) is 0.715. The first-order chi connectivity index (χ1) is 10.3. The summed E-state index contributed by atoms with van der Waals surface area (Å²) < 4.78 is 7.33. The van der Waals surface area contributed by atoms with E-state index in [4.69, 9.17) is 16.3 Å². The third-order valence-corrected chi connectivity index (χ3v) is 3.55. The van der Waals surface area contributed by atoms with Crippen LogP contribution in [0.25, 0.3) is 11.2 Å². The number of benzene rings is 1. The highest BCUT2D eigenvalue weighted by atomic mass is 35.5. The minimum atomic E-state index is 0.537. The molecule has 21 heavy (non-hydrogen) atoms. The number of nitrogens with zero attached hydrogens (tertiary/aromatic N) is 3. The highest BCUT2D eigenvalue weighted by Gasteiger charge is 2.13. The van der Waals surface area contributed by atoms with Crippen molar-refractivity contribution < 1.29 is 4.74 Å². The molecule has 0 atom stereocenters. The zero-order valence-electron chi connectivity index (χ0n) is 11.8. The topological polar surface area (TPSA) is 39.9 Å². The lowest BCUT2D eigenvalue weighted by Gasteiger charge is -2.08. The van der Waals surface area contributed by atoms with Crippen molar-refractivity contribution in [3.05, 3.63) is 53.9 Å². The van der Waals surface area contributed by atoms with Crippen molar-refractivity contribution >= 4 is 22.8 Å². The lowest BCUT2D eigenvalue weighted by molar-refractivity contribution is 0.399. The van der Waals surface area contributed by atoms with Gasteiger partial charge in [-0.1, -0.05) is 30.3 Å². The maximum Gasteiger partial charge on any atom is 0.215 e. The Morgan fingerprint density at radius 1 is 1.10 bits per heavy atom. The molecule has 0 saturated heterocycles. The largest absolute Gasteiger partial charge is 0.481 e. The van der Waals surface area contributed by atoms with E-state index in [2.05, 4.69) is 26.7 Å². The van der Waals surface area contributed by atoms with Crippen molar-refractivity contribution in [3.63, 3.8) is 0 Å². The van der Waals surface area contributed by atoms with Gasteiger partial charge in [0.05, 0.1) is 13.7 Å². The van der Waals surface area contributed by atoms with Crippen LogP contribution in [0.15, 0.2) is 42.5 Å². The number of hydrogen-bond donors (Lipinski definition) is 0. The molecule has 108 valence electrons. The second-order valence-corrected chi connectivity index (χ2v) is 5.11. The summed E-state index contributed by atoms with van der Waals surface area (Å²) in [5.41, 5.74) is 2.91. The van der Waals surface area contributed by atoms with E-state index in [0.29, 0.717) is 18.2 Å². The molecule has 0 aliphatic heterocycles. The Balaban J connectivity index is 2.10. The molecule has 3 aromatic rings. The first-order valence-electron chi connectivity index (χ1n) is 6.82. The zero-order chi connectivity index (χ0) is 14.7. The summed E-state index contributed by atoms with van der Waals surface area (Å²) in [4.78, 5) is 9.16. The number of hydrogen-bond acceptors (Lipinski definition) is 3. The Labute approximate surface area is 128 Å². The Morgan fingerprint density at radius 2 is 1.90 bits per heavy atom. The van der Waals surface area contributed by atoms with Crippen molar-refractivity contribution in [2.75, 3.05) is 13.0 Å². The number of halogens is 1. The van der Waals surface area contributed by atoms with Gasteiger partial charge in [0.1, 0.15) is 11.3 Å². The van der Waals surface area contributed by atoms with Gasteiger partial charge in [0.15, 0.2) is 5.65 Å². The van der Waals surface area contributed by atoms with Gasteiger partial charge >= 0.3 is 0 Å². The van der Waals surface area contributed by atoms with Crippen LogP contribution in [0, 0.1) is 0 Å². The number of fused-ring (bicyclic) bond motifs is 1. The number of pyridine rings is 1. The van der Waals surface area contributed by atoms with Crippen LogP contribution in [-0.2, 0) is 13.0 Å². The van der Waals surface area contributed by atoms with Crippen molar-refractivity contribution in [2.45, 2.75) is 13.0 Å². The third-order valence-electron chi connectivity index (χ3n) is 3.36. The molecule has 0 bridgehead atoms. The molecule has 0 radical (unpaired) electrons. The molecule has 0 spiro atoms. The average molecular weight is 302 g/mol. The average Bonchev–Trinajstić information content (AvgIpc) is 2.86. The first kappa shape index (κ1) is 13.9. The van der Waals surface area contributed by atoms with Crippen molar-refractivity contribution in [2.24, 2.45) is 0 Å². The predicted molar refractivity (Wildman–Crippen MR) is 84.0 cm³/mol. The van der Waals surface area contributed by atoms with Gasteiger partial charge in [-0.25, -0.2) is 4.98 Å². The molecule has 2 heterocycles. The highest BCUT2D eigenvalue weighted by molar-refractivity contribution is 6.17. The normalized spacial score (nSPS) is 11.0. The van der Waals surface area contributed by atoms with Crippen molar-refractivity contribution in [3.8, 4) is 5.88 Å². The Kier molecular flexibility index (Phi) is 4.06. The number of methoxy groups -OCH3 is 1. The van der Waals surface area contributed by atoms with E-state index in [9.17, 15) is 0 Å². The zero-order valence-corrected chi connectivity index (χ0v) is 12.5. The Morgan fingerprint density at radius 3 is 2.62 bits per heavy atom. The SMILES string of the molecule is COc1ccc2nc(CCCl)n(Cc3ccccc3)c2n1. The highest BCUT2D eigenvalue weighted by Crippen LogP contribution is 2.20. The first-order valence-corrected chi connectivity index (χ1v) is 7.35. The maximum absolute atomic E-state index is 5.90. The summed E-state index contributed by atoms with van der Waals surface area (Å²) >= 11 is 5.90. The van der Waals surface area contributed by atoms with Crippen molar-refractivity contribution in [1.82, 2.24) is 14.5 Å². The van der Waals surface area contributed by atoms with Crippen LogP contribution >= 0.6 is 11.6 Å². The molecule has 0 aliphatic carbocycles. The number of ether oxygens (including phenoxy) is 1. The van der Waals surface area contributed by atoms with E-state index in [1.54, 1.807) is 7.11 Å². The Bertz CT molecular complexity index is 740. The molecule has 5 heteroatoms. The minimum absolute atomic E-state index is 0.537. The van der Waals surface area contributed by atoms with Gasteiger partial charge in [-0.15, -0.1) is 11.6 Å². The fourth-order valence-electron chi connectivity index (χ4n) is 2.35. The second-order valence-electron chi connectivity index (χ2n) is 4.74. The van der Waals surface area contributed by atoms with Crippen LogP contribution in [0.2, 0.25) is 0 Å². The van der Waals surface area contributed by atoms with E-state index < -0.39 is 0 Å². The number of imidazole rings is 1. The summed E-state index contributed by atoms with van der Waals surface area (Å²) in [6, 6.07) is 14.0. The molecule has 0 amide bonds. The smallest absolute Gasteiger partial charge is 0.215 e. The molecule has 2 aromatic heterocycles. The summed E-state index contributed by atoms with van der Waals surface area (Å²) in [7, 11) is 1.62. The fourth-order valence-corrected chi connectivity index (χ4v) is 2.52. The number of rotatable bonds is 5. The van der Waals surface area contributed by atoms with Crippen LogP contribution < -0.4 is 4.74 Å². The molecule has 0 N–H and O–H groups in total. The van der Waals surface area contributed by atoms with Crippen LogP contribution in [0.5, 0.6) is 5.88 Å². The van der Waals surface area contributed by atoms with Crippen LogP contribution in [-0.4, -0.2) is 27.5 Å². The fraction of sp³-hybridized carbons (Fsp3) is 0.250. The van der Waals surface area contributed by atoms with Gasteiger partial charge < -0.3 is 9.30 Å². The van der Waals surface area contributed by atoms with Gasteiger partial charge in [0, 0.05) is 18.4 Å². The number of alkyl halides is 1. The number of aryl methyl sites for hydroxylation is 1. The van der Waals surface area contributed by atoms with Crippen LogP contribution in [0.4, 0.5) is 0 Å². The molecule has 0 saturated carbocycles. The second kappa shape index (κ2) is 6.14. The van der Waals surface area contributed by atoms with E-state index in [1.165, 1.54) is 5.56 Å². The molecule has 0 unspecified atom stereocenters. The van der Waals surface area contributed by atoms with Gasteiger partial charge in [0.2, 0.25) is 5.88 Å². The van der Waals surface area contributed by atoms with E-state index in [1.807, 2.05) is 30.3 Å². The van der Waals surface area contributed by atoms with Gasteiger partial charge in [-0.2, -0.15) is 4.98 Å². The van der Waals surface area contributed by atoms with Gasteiger partial charge in [-0.05, 0) is 11.6 Å².